The molecule has 1 aliphatic heterocycles. The van der Waals surface area contributed by atoms with Gasteiger partial charge in [-0.1, -0.05) is 6.07 Å². The van der Waals surface area contributed by atoms with Crippen molar-refractivity contribution >= 4 is 23.2 Å². The van der Waals surface area contributed by atoms with Gasteiger partial charge in [0.2, 0.25) is 5.91 Å². The van der Waals surface area contributed by atoms with E-state index >= 15 is 0 Å². The first kappa shape index (κ1) is 17.8. The fraction of sp³-hybridized carbons (Fsp3) is 0.647. The fourth-order valence-corrected chi connectivity index (χ4v) is 3.59. The van der Waals surface area contributed by atoms with Crippen LogP contribution in [0.25, 0.3) is 0 Å². The van der Waals surface area contributed by atoms with E-state index in [1.165, 1.54) is 11.3 Å². The van der Waals surface area contributed by atoms with Gasteiger partial charge in [-0.15, -0.1) is 11.3 Å². The summed E-state index contributed by atoms with van der Waals surface area (Å²) in [6.45, 7) is 4.53. The third-order valence-electron chi connectivity index (χ3n) is 4.22. The molecule has 1 aromatic heterocycles. The number of carbonyl (C=O) groups is 1. The van der Waals surface area contributed by atoms with Gasteiger partial charge in [0.25, 0.3) is 0 Å². The number of nitrogens with zero attached hydrogens (tertiary/aromatic N) is 2. The molecule has 2 heterocycles. The molecule has 128 valence electrons. The smallest absolute Gasteiger partial charge is 0.224 e. The number of hydrogen-bond acceptors (Lipinski definition) is 3. The first-order valence-electron chi connectivity index (χ1n) is 8.47. The topological polar surface area (TPSA) is 56.7 Å². The highest BCUT2D eigenvalue weighted by atomic mass is 32.1. The molecule has 0 aliphatic carbocycles. The zero-order valence-electron chi connectivity index (χ0n) is 14.2. The van der Waals surface area contributed by atoms with Crippen LogP contribution in [0, 0.1) is 0 Å². The summed E-state index contributed by atoms with van der Waals surface area (Å²) in [4.78, 5) is 19.9. The summed E-state index contributed by atoms with van der Waals surface area (Å²) in [7, 11) is 1.76. The number of likely N-dealkylation sites (tertiary alicyclic amines) is 1. The van der Waals surface area contributed by atoms with E-state index in [-0.39, 0.29) is 5.91 Å². The molecule has 1 saturated heterocycles. The van der Waals surface area contributed by atoms with Gasteiger partial charge < -0.3 is 15.5 Å². The van der Waals surface area contributed by atoms with E-state index in [1.807, 2.05) is 4.90 Å². The molecule has 1 fully saturated rings. The van der Waals surface area contributed by atoms with Crippen LogP contribution in [0.1, 0.15) is 37.5 Å². The summed E-state index contributed by atoms with van der Waals surface area (Å²) in [6.07, 6.45) is 5.02. The lowest BCUT2D eigenvalue weighted by molar-refractivity contribution is -0.134. The maximum atomic E-state index is 12.3. The maximum absolute atomic E-state index is 12.3. The Morgan fingerprint density at radius 2 is 2.22 bits per heavy atom. The van der Waals surface area contributed by atoms with E-state index in [9.17, 15) is 4.79 Å². The Kier molecular flexibility index (Phi) is 7.39. The Balaban J connectivity index is 1.64. The molecule has 1 amide bonds. The van der Waals surface area contributed by atoms with Crippen molar-refractivity contribution in [2.45, 2.75) is 45.1 Å². The van der Waals surface area contributed by atoms with E-state index in [1.54, 1.807) is 18.4 Å². The van der Waals surface area contributed by atoms with Crippen molar-refractivity contribution in [3.8, 4) is 0 Å². The molecule has 6 heteroatoms. The number of carbonyl (C=O) groups excluding carboxylic acids is 1. The molecule has 1 aliphatic rings. The Bertz CT molecular complexity index is 501. The van der Waals surface area contributed by atoms with Crippen molar-refractivity contribution in [2.24, 2.45) is 4.99 Å². The zero-order valence-corrected chi connectivity index (χ0v) is 15.0. The third-order valence-corrected chi connectivity index (χ3v) is 5.16. The van der Waals surface area contributed by atoms with Crippen molar-refractivity contribution in [1.29, 1.82) is 0 Å². The normalized spacial score (nSPS) is 18.8. The standard InChI is InChI=1S/C17H28N4OS/c1-14-6-3-4-12-21(14)16(22)9-11-20-17(18-2)19-10-8-15-7-5-13-23-15/h5,7,13-14H,3-4,6,8-12H2,1-2H3,(H2,18,19,20). The van der Waals surface area contributed by atoms with Crippen LogP contribution < -0.4 is 10.6 Å². The van der Waals surface area contributed by atoms with Crippen LogP contribution in [0.2, 0.25) is 0 Å². The summed E-state index contributed by atoms with van der Waals surface area (Å²) in [6, 6.07) is 4.60. The summed E-state index contributed by atoms with van der Waals surface area (Å²) >= 11 is 1.77. The highest BCUT2D eigenvalue weighted by Gasteiger charge is 2.22. The van der Waals surface area contributed by atoms with Crippen LogP contribution in [0.4, 0.5) is 0 Å². The highest BCUT2D eigenvalue weighted by molar-refractivity contribution is 7.09. The number of thiophene rings is 1. The Morgan fingerprint density at radius 1 is 1.39 bits per heavy atom. The second kappa shape index (κ2) is 9.55. The molecule has 0 bridgehead atoms. The van der Waals surface area contributed by atoms with Gasteiger partial charge in [0, 0.05) is 44.0 Å². The van der Waals surface area contributed by atoms with Gasteiger partial charge in [0.05, 0.1) is 0 Å². The third kappa shape index (κ3) is 5.86. The quantitative estimate of drug-likeness (QED) is 0.619. The molecule has 2 N–H and O–H groups in total. The van der Waals surface area contributed by atoms with Gasteiger partial charge in [-0.3, -0.25) is 9.79 Å². The van der Waals surface area contributed by atoms with E-state index in [0.29, 0.717) is 19.0 Å². The van der Waals surface area contributed by atoms with Gasteiger partial charge in [-0.2, -0.15) is 0 Å². The Morgan fingerprint density at radius 3 is 2.91 bits per heavy atom. The van der Waals surface area contributed by atoms with Crippen molar-refractivity contribution in [3.05, 3.63) is 22.4 Å². The number of nitrogens with one attached hydrogen (secondary N) is 2. The van der Waals surface area contributed by atoms with Crippen LogP contribution in [0.3, 0.4) is 0 Å². The summed E-state index contributed by atoms with van der Waals surface area (Å²) in [5.74, 6) is 1.01. The zero-order chi connectivity index (χ0) is 16.5. The van der Waals surface area contributed by atoms with E-state index in [4.69, 9.17) is 0 Å². The van der Waals surface area contributed by atoms with Crippen LogP contribution in [0.15, 0.2) is 22.5 Å². The second-order valence-electron chi connectivity index (χ2n) is 5.94. The predicted molar refractivity (Wildman–Crippen MR) is 97.0 cm³/mol. The fourth-order valence-electron chi connectivity index (χ4n) is 2.88. The van der Waals surface area contributed by atoms with Gasteiger partial charge in [-0.05, 0) is 44.1 Å². The largest absolute Gasteiger partial charge is 0.356 e. The lowest BCUT2D eigenvalue weighted by Gasteiger charge is -2.33. The number of amides is 1. The summed E-state index contributed by atoms with van der Waals surface area (Å²) in [5.41, 5.74) is 0. The lowest BCUT2D eigenvalue weighted by Crippen LogP contribution is -2.44. The summed E-state index contributed by atoms with van der Waals surface area (Å²) < 4.78 is 0. The second-order valence-corrected chi connectivity index (χ2v) is 6.97. The number of hydrogen-bond donors (Lipinski definition) is 2. The van der Waals surface area contributed by atoms with Crippen molar-refractivity contribution < 1.29 is 4.79 Å². The number of piperidine rings is 1. The lowest BCUT2D eigenvalue weighted by atomic mass is 10.0. The number of aliphatic imine (C=N–C) groups is 1. The number of guanidine groups is 1. The van der Waals surface area contributed by atoms with E-state index < -0.39 is 0 Å². The van der Waals surface area contributed by atoms with E-state index in [2.05, 4.69) is 40.1 Å². The van der Waals surface area contributed by atoms with Gasteiger partial charge >= 0.3 is 0 Å². The predicted octanol–water partition coefficient (Wildman–Crippen LogP) is 2.25. The minimum absolute atomic E-state index is 0.249. The van der Waals surface area contributed by atoms with Crippen LogP contribution in [0.5, 0.6) is 0 Å². The van der Waals surface area contributed by atoms with Crippen molar-refractivity contribution in [1.82, 2.24) is 15.5 Å². The highest BCUT2D eigenvalue weighted by Crippen LogP contribution is 2.16. The molecule has 23 heavy (non-hydrogen) atoms. The molecule has 5 nitrogen and oxygen atoms in total. The van der Waals surface area contributed by atoms with Gasteiger partial charge in [-0.25, -0.2) is 0 Å². The first-order chi connectivity index (χ1) is 11.2. The Hall–Kier alpha value is -1.56. The molecule has 0 spiro atoms. The van der Waals surface area contributed by atoms with Crippen molar-refractivity contribution in [3.63, 3.8) is 0 Å². The molecule has 2 rings (SSSR count). The first-order valence-corrected chi connectivity index (χ1v) is 9.35. The molecule has 0 aromatic carbocycles. The average molecular weight is 337 g/mol. The van der Waals surface area contributed by atoms with Crippen LogP contribution in [-0.2, 0) is 11.2 Å². The molecule has 0 radical (unpaired) electrons. The molecule has 0 saturated carbocycles. The van der Waals surface area contributed by atoms with E-state index in [0.717, 1.165) is 38.3 Å². The molecule has 1 atom stereocenters. The van der Waals surface area contributed by atoms with Gasteiger partial charge in [0.1, 0.15) is 0 Å². The minimum Gasteiger partial charge on any atom is -0.356 e. The molecular weight excluding hydrogens is 308 g/mol. The monoisotopic (exact) mass is 336 g/mol. The Labute approximate surface area is 143 Å². The SMILES string of the molecule is CN=C(NCCC(=O)N1CCCCC1C)NCCc1cccs1. The van der Waals surface area contributed by atoms with Crippen LogP contribution in [-0.4, -0.2) is 49.5 Å². The average Bonchev–Trinajstić information content (AvgIpc) is 3.07. The number of rotatable bonds is 6. The summed E-state index contributed by atoms with van der Waals surface area (Å²) in [5, 5.41) is 8.61. The molecule has 1 aromatic rings. The maximum Gasteiger partial charge on any atom is 0.224 e. The van der Waals surface area contributed by atoms with Crippen molar-refractivity contribution in [2.75, 3.05) is 26.7 Å². The molecule has 1 unspecified atom stereocenters. The minimum atomic E-state index is 0.249. The van der Waals surface area contributed by atoms with Crippen LogP contribution >= 0.6 is 11.3 Å². The molecular formula is C17H28N4OS. The van der Waals surface area contributed by atoms with Gasteiger partial charge in [0.15, 0.2) is 5.96 Å².